The molecule has 2 aromatic heterocycles. The molecular formula is C18H22N4O3. The van der Waals surface area contributed by atoms with Crippen LogP contribution in [0.5, 0.6) is 0 Å². The molecule has 1 aliphatic heterocycles. The second-order valence-corrected chi connectivity index (χ2v) is 6.83. The molecule has 0 spiro atoms. The van der Waals surface area contributed by atoms with E-state index in [4.69, 9.17) is 4.74 Å². The number of H-pyrrole nitrogens is 1. The summed E-state index contributed by atoms with van der Waals surface area (Å²) in [6, 6.07) is 1.78. The van der Waals surface area contributed by atoms with Crippen LogP contribution in [0.1, 0.15) is 45.7 Å². The van der Waals surface area contributed by atoms with Gasteiger partial charge in [0.1, 0.15) is 17.5 Å². The summed E-state index contributed by atoms with van der Waals surface area (Å²) in [5.41, 5.74) is 2.93. The molecule has 1 amide bonds. The molecule has 1 N–H and O–H groups in total. The predicted octanol–water partition coefficient (Wildman–Crippen LogP) is 1.12. The third-order valence-corrected chi connectivity index (χ3v) is 4.99. The van der Waals surface area contributed by atoms with E-state index in [1.54, 1.807) is 11.0 Å². The van der Waals surface area contributed by atoms with E-state index in [0.29, 0.717) is 19.7 Å². The molecule has 0 radical (unpaired) electrons. The molecule has 7 heteroatoms. The minimum atomic E-state index is -0.290. The number of aromatic amines is 1. The van der Waals surface area contributed by atoms with Crippen molar-refractivity contribution in [2.45, 2.75) is 32.3 Å². The van der Waals surface area contributed by atoms with Gasteiger partial charge in [0.25, 0.3) is 11.5 Å². The largest absolute Gasteiger partial charge is 0.367 e. The van der Waals surface area contributed by atoms with Gasteiger partial charge < -0.3 is 19.2 Å². The number of hydrogen-bond acceptors (Lipinski definition) is 4. The highest BCUT2D eigenvalue weighted by molar-refractivity contribution is 5.94. The first kappa shape index (κ1) is 16.1. The van der Waals surface area contributed by atoms with Crippen LogP contribution in [0.2, 0.25) is 0 Å². The lowest BCUT2D eigenvalue weighted by atomic mass is 10.1. The van der Waals surface area contributed by atoms with Gasteiger partial charge in [-0.1, -0.05) is 0 Å². The number of rotatable bonds is 2. The predicted molar refractivity (Wildman–Crippen MR) is 91.6 cm³/mol. The highest BCUT2D eigenvalue weighted by Crippen LogP contribution is 2.23. The molecule has 4 rings (SSSR count). The number of nitrogens with one attached hydrogen (secondary N) is 1. The number of ether oxygens (including phenoxy) is 1. The van der Waals surface area contributed by atoms with Gasteiger partial charge in [0.15, 0.2) is 0 Å². The van der Waals surface area contributed by atoms with Crippen molar-refractivity contribution in [2.24, 2.45) is 7.05 Å². The van der Waals surface area contributed by atoms with Crippen LogP contribution in [-0.4, -0.2) is 45.0 Å². The summed E-state index contributed by atoms with van der Waals surface area (Å²) in [5, 5.41) is 0. The first-order chi connectivity index (χ1) is 12.0. The summed E-state index contributed by atoms with van der Waals surface area (Å²) < 4.78 is 7.74. The zero-order chi connectivity index (χ0) is 17.6. The van der Waals surface area contributed by atoms with Gasteiger partial charge in [-0.3, -0.25) is 9.59 Å². The molecule has 2 aromatic rings. The van der Waals surface area contributed by atoms with Crippen molar-refractivity contribution in [3.05, 3.63) is 51.0 Å². The van der Waals surface area contributed by atoms with E-state index in [9.17, 15) is 9.59 Å². The Morgan fingerprint density at radius 2 is 2.24 bits per heavy atom. The number of carbonyl (C=O) groups is 1. The summed E-state index contributed by atoms with van der Waals surface area (Å²) in [4.78, 5) is 34.3. The van der Waals surface area contributed by atoms with Gasteiger partial charge in [0.2, 0.25) is 0 Å². The fourth-order valence-corrected chi connectivity index (χ4v) is 3.77. The average molecular weight is 342 g/mol. The summed E-state index contributed by atoms with van der Waals surface area (Å²) in [5.74, 6) is 0.577. The van der Waals surface area contributed by atoms with E-state index in [0.717, 1.165) is 42.0 Å². The number of aryl methyl sites for hydroxylation is 4. The van der Waals surface area contributed by atoms with Crippen molar-refractivity contribution in [1.82, 2.24) is 19.4 Å². The lowest BCUT2D eigenvalue weighted by molar-refractivity contribution is -0.0280. The van der Waals surface area contributed by atoms with Crippen molar-refractivity contribution >= 4 is 5.91 Å². The van der Waals surface area contributed by atoms with E-state index in [2.05, 4.69) is 9.97 Å². The highest BCUT2D eigenvalue weighted by atomic mass is 16.5. The summed E-state index contributed by atoms with van der Waals surface area (Å²) in [6.07, 6.45) is 4.50. The molecular weight excluding hydrogens is 320 g/mol. The van der Waals surface area contributed by atoms with Crippen LogP contribution in [0.3, 0.4) is 0 Å². The smallest absolute Gasteiger partial charge is 0.261 e. The highest BCUT2D eigenvalue weighted by Gasteiger charge is 2.30. The van der Waals surface area contributed by atoms with Crippen LogP contribution >= 0.6 is 0 Å². The van der Waals surface area contributed by atoms with Crippen LogP contribution in [0.25, 0.3) is 0 Å². The van der Waals surface area contributed by atoms with Gasteiger partial charge in [0, 0.05) is 25.5 Å². The Labute approximate surface area is 145 Å². The minimum absolute atomic E-state index is 0.227. The van der Waals surface area contributed by atoms with E-state index in [1.165, 1.54) is 0 Å². The number of nitrogens with zero attached hydrogens (tertiary/aromatic N) is 3. The average Bonchev–Trinajstić information content (AvgIpc) is 3.18. The Hall–Kier alpha value is -2.41. The molecule has 1 fully saturated rings. The van der Waals surface area contributed by atoms with Gasteiger partial charge in [-0.05, 0) is 37.8 Å². The standard InChI is InChI=1S/C18H22N4O3/c1-11-9-21(2)16(19-11)15-10-22(6-7-25-15)18(24)13-8-12-4-3-5-14(12)20-17(13)23/h8-9,15H,3-7,10H2,1-2H3,(H,20,23)/t15-/m0/s1. The number of carbonyl (C=O) groups excluding carboxylic acids is 1. The molecule has 1 aliphatic carbocycles. The molecule has 0 bridgehead atoms. The molecule has 3 heterocycles. The Balaban J connectivity index is 1.58. The third-order valence-electron chi connectivity index (χ3n) is 4.99. The summed E-state index contributed by atoms with van der Waals surface area (Å²) in [6.45, 7) is 3.25. The van der Waals surface area contributed by atoms with Crippen LogP contribution in [-0.2, 0) is 24.6 Å². The Kier molecular flexibility index (Phi) is 3.95. The van der Waals surface area contributed by atoms with Crippen LogP contribution < -0.4 is 5.56 Å². The number of imidazole rings is 1. The summed E-state index contributed by atoms with van der Waals surface area (Å²) >= 11 is 0. The molecule has 2 aliphatic rings. The van der Waals surface area contributed by atoms with Crippen molar-refractivity contribution in [1.29, 1.82) is 0 Å². The van der Waals surface area contributed by atoms with Crippen molar-refractivity contribution < 1.29 is 9.53 Å². The first-order valence-electron chi connectivity index (χ1n) is 8.68. The maximum Gasteiger partial charge on any atom is 0.261 e. The Bertz CT molecular complexity index is 883. The zero-order valence-corrected chi connectivity index (χ0v) is 14.5. The fourth-order valence-electron chi connectivity index (χ4n) is 3.77. The minimum Gasteiger partial charge on any atom is -0.367 e. The SMILES string of the molecule is Cc1cn(C)c([C@@H]2CN(C(=O)c3cc4c([nH]c3=O)CCC4)CCO2)n1. The molecule has 1 atom stereocenters. The van der Waals surface area contributed by atoms with Crippen LogP contribution in [0.15, 0.2) is 17.1 Å². The van der Waals surface area contributed by atoms with E-state index >= 15 is 0 Å². The fraction of sp³-hybridized carbons (Fsp3) is 0.500. The lowest BCUT2D eigenvalue weighted by Crippen LogP contribution is -2.44. The quantitative estimate of drug-likeness (QED) is 0.887. The van der Waals surface area contributed by atoms with Crippen molar-refractivity contribution in [3.8, 4) is 0 Å². The molecule has 132 valence electrons. The number of amides is 1. The van der Waals surface area contributed by atoms with Crippen molar-refractivity contribution in [2.75, 3.05) is 19.7 Å². The number of pyridine rings is 1. The molecule has 0 unspecified atom stereocenters. The Morgan fingerprint density at radius 3 is 3.00 bits per heavy atom. The normalized spacial score (nSPS) is 19.9. The number of hydrogen-bond donors (Lipinski definition) is 1. The number of aromatic nitrogens is 3. The second kappa shape index (κ2) is 6.15. The van der Waals surface area contributed by atoms with Gasteiger partial charge in [-0.2, -0.15) is 0 Å². The first-order valence-corrected chi connectivity index (χ1v) is 8.68. The van der Waals surface area contributed by atoms with Gasteiger partial charge in [-0.25, -0.2) is 4.98 Å². The van der Waals surface area contributed by atoms with Gasteiger partial charge >= 0.3 is 0 Å². The molecule has 0 aromatic carbocycles. The molecule has 7 nitrogen and oxygen atoms in total. The Morgan fingerprint density at radius 1 is 1.40 bits per heavy atom. The zero-order valence-electron chi connectivity index (χ0n) is 14.5. The van der Waals surface area contributed by atoms with E-state index in [1.807, 2.05) is 24.7 Å². The second-order valence-electron chi connectivity index (χ2n) is 6.83. The number of morpholine rings is 1. The monoisotopic (exact) mass is 342 g/mol. The summed E-state index contributed by atoms with van der Waals surface area (Å²) in [7, 11) is 1.92. The molecule has 0 saturated carbocycles. The van der Waals surface area contributed by atoms with Gasteiger partial charge in [-0.15, -0.1) is 0 Å². The van der Waals surface area contributed by atoms with Gasteiger partial charge in [0.05, 0.1) is 18.8 Å². The lowest BCUT2D eigenvalue weighted by Gasteiger charge is -2.32. The number of fused-ring (bicyclic) bond motifs is 1. The van der Waals surface area contributed by atoms with Crippen LogP contribution in [0, 0.1) is 6.92 Å². The van der Waals surface area contributed by atoms with Crippen molar-refractivity contribution in [3.63, 3.8) is 0 Å². The maximum absolute atomic E-state index is 12.9. The van der Waals surface area contributed by atoms with E-state index in [-0.39, 0.29) is 23.1 Å². The topological polar surface area (TPSA) is 80.2 Å². The third kappa shape index (κ3) is 2.89. The molecule has 1 saturated heterocycles. The maximum atomic E-state index is 12.9. The van der Waals surface area contributed by atoms with Crippen LogP contribution in [0.4, 0.5) is 0 Å². The van der Waals surface area contributed by atoms with E-state index < -0.39 is 0 Å². The molecule has 25 heavy (non-hydrogen) atoms.